The highest BCUT2D eigenvalue weighted by Gasteiger charge is 2.38. The maximum absolute atomic E-state index is 12.8. The van der Waals surface area contributed by atoms with E-state index in [0.29, 0.717) is 26.0 Å². The van der Waals surface area contributed by atoms with Crippen molar-refractivity contribution in [2.75, 3.05) is 19.8 Å². The smallest absolute Gasteiger partial charge is 0.410 e. The van der Waals surface area contributed by atoms with Gasteiger partial charge in [-0.05, 0) is 35.1 Å². The summed E-state index contributed by atoms with van der Waals surface area (Å²) in [5.74, 6) is -1.07. The number of amides is 1. The molecule has 1 aliphatic carbocycles. The Labute approximate surface area is 176 Å². The number of hydrogen-bond donors (Lipinski definition) is 1. The second-order valence-corrected chi connectivity index (χ2v) is 7.87. The summed E-state index contributed by atoms with van der Waals surface area (Å²) in [4.78, 5) is 25.9. The van der Waals surface area contributed by atoms with Crippen molar-refractivity contribution in [3.8, 4) is 11.1 Å². The number of carbonyl (C=O) groups excluding carboxylic acids is 1. The first-order valence-corrected chi connectivity index (χ1v) is 10.6. The lowest BCUT2D eigenvalue weighted by molar-refractivity contribution is -0.146. The molecule has 0 spiro atoms. The van der Waals surface area contributed by atoms with E-state index in [-0.39, 0.29) is 18.6 Å². The van der Waals surface area contributed by atoms with Crippen LogP contribution in [-0.2, 0) is 14.3 Å². The summed E-state index contributed by atoms with van der Waals surface area (Å²) in [5, 5.41) is 9.64. The number of likely N-dealkylation sites (tertiary alicyclic amines) is 1. The molecule has 1 aliphatic heterocycles. The van der Waals surface area contributed by atoms with Gasteiger partial charge in [-0.15, -0.1) is 0 Å². The van der Waals surface area contributed by atoms with Crippen LogP contribution in [0, 0.1) is 0 Å². The van der Waals surface area contributed by atoms with Crippen molar-refractivity contribution in [2.45, 2.75) is 44.2 Å². The standard InChI is InChI=1S/C24H27NO5/c1-2-13-29-16-11-12-25(22(14-16)23(26)27)24(28)30-15-21-19-9-5-3-7-17(19)18-8-4-6-10-20(18)21/h3-10,16,21-22H,2,11-15H2,1H3,(H,26,27). The molecule has 1 amide bonds. The van der Waals surface area contributed by atoms with Gasteiger partial charge in [0.15, 0.2) is 0 Å². The fourth-order valence-corrected chi connectivity index (χ4v) is 4.50. The molecule has 2 aliphatic rings. The quantitative estimate of drug-likeness (QED) is 0.771. The molecule has 158 valence electrons. The normalized spacial score (nSPS) is 20.5. The zero-order valence-electron chi connectivity index (χ0n) is 17.1. The first-order valence-electron chi connectivity index (χ1n) is 10.6. The van der Waals surface area contributed by atoms with E-state index in [0.717, 1.165) is 28.7 Å². The minimum atomic E-state index is -1.02. The molecular weight excluding hydrogens is 382 g/mol. The van der Waals surface area contributed by atoms with Crippen LogP contribution in [0.3, 0.4) is 0 Å². The van der Waals surface area contributed by atoms with Crippen LogP contribution < -0.4 is 0 Å². The molecule has 0 bridgehead atoms. The number of carboxylic acids is 1. The van der Waals surface area contributed by atoms with Crippen molar-refractivity contribution < 1.29 is 24.2 Å². The lowest BCUT2D eigenvalue weighted by atomic mass is 9.98. The number of aliphatic carboxylic acids is 1. The van der Waals surface area contributed by atoms with Gasteiger partial charge in [-0.1, -0.05) is 55.5 Å². The number of nitrogens with zero attached hydrogens (tertiary/aromatic N) is 1. The van der Waals surface area contributed by atoms with Crippen LogP contribution in [0.25, 0.3) is 11.1 Å². The van der Waals surface area contributed by atoms with Crippen LogP contribution in [0.4, 0.5) is 4.79 Å². The summed E-state index contributed by atoms with van der Waals surface area (Å²) in [6, 6.07) is 15.3. The Hall–Kier alpha value is -2.86. The second-order valence-electron chi connectivity index (χ2n) is 7.87. The summed E-state index contributed by atoms with van der Waals surface area (Å²) in [6.45, 7) is 3.12. The van der Waals surface area contributed by atoms with Crippen molar-refractivity contribution in [2.24, 2.45) is 0 Å². The third kappa shape index (κ3) is 3.92. The highest BCUT2D eigenvalue weighted by molar-refractivity contribution is 5.81. The predicted molar refractivity (Wildman–Crippen MR) is 112 cm³/mol. The van der Waals surface area contributed by atoms with Crippen molar-refractivity contribution >= 4 is 12.1 Å². The number of ether oxygens (including phenoxy) is 2. The molecule has 1 heterocycles. The van der Waals surface area contributed by atoms with Crippen molar-refractivity contribution in [1.82, 2.24) is 4.90 Å². The number of piperidine rings is 1. The van der Waals surface area contributed by atoms with Gasteiger partial charge < -0.3 is 14.6 Å². The Bertz CT molecular complexity index is 882. The largest absolute Gasteiger partial charge is 0.480 e. The minimum Gasteiger partial charge on any atom is -0.480 e. The fraction of sp³-hybridized carbons (Fsp3) is 0.417. The molecule has 0 aromatic heterocycles. The third-order valence-electron chi connectivity index (χ3n) is 5.97. The van der Waals surface area contributed by atoms with Gasteiger partial charge in [0.1, 0.15) is 12.6 Å². The number of benzene rings is 2. The third-order valence-corrected chi connectivity index (χ3v) is 5.97. The van der Waals surface area contributed by atoms with Gasteiger partial charge in [-0.3, -0.25) is 4.90 Å². The summed E-state index contributed by atoms with van der Waals surface area (Å²) >= 11 is 0. The van der Waals surface area contributed by atoms with Crippen LogP contribution in [0.1, 0.15) is 43.2 Å². The summed E-state index contributed by atoms with van der Waals surface area (Å²) in [7, 11) is 0. The van der Waals surface area contributed by atoms with Gasteiger partial charge in [0.25, 0.3) is 0 Å². The van der Waals surface area contributed by atoms with Crippen molar-refractivity contribution in [3.05, 3.63) is 59.7 Å². The van der Waals surface area contributed by atoms with Gasteiger partial charge in [-0.25, -0.2) is 9.59 Å². The van der Waals surface area contributed by atoms with E-state index in [2.05, 4.69) is 24.3 Å². The first-order chi connectivity index (χ1) is 14.6. The lowest BCUT2D eigenvalue weighted by Crippen LogP contribution is -2.52. The molecule has 2 aromatic rings. The van der Waals surface area contributed by atoms with Gasteiger partial charge >= 0.3 is 12.1 Å². The molecule has 4 rings (SSSR count). The van der Waals surface area contributed by atoms with Crippen molar-refractivity contribution in [3.63, 3.8) is 0 Å². The predicted octanol–water partition coefficient (Wildman–Crippen LogP) is 4.28. The van der Waals surface area contributed by atoms with Crippen molar-refractivity contribution in [1.29, 1.82) is 0 Å². The number of hydrogen-bond acceptors (Lipinski definition) is 4. The molecule has 6 nitrogen and oxygen atoms in total. The lowest BCUT2D eigenvalue weighted by Gasteiger charge is -2.36. The van der Waals surface area contributed by atoms with Crippen LogP contribution in [0.2, 0.25) is 0 Å². The van der Waals surface area contributed by atoms with Crippen LogP contribution in [0.5, 0.6) is 0 Å². The van der Waals surface area contributed by atoms with Crippen LogP contribution >= 0.6 is 0 Å². The topological polar surface area (TPSA) is 76.1 Å². The Balaban J connectivity index is 1.45. The molecule has 1 saturated heterocycles. The van der Waals surface area contributed by atoms with Gasteiger partial charge in [0.2, 0.25) is 0 Å². The van der Waals surface area contributed by atoms with E-state index < -0.39 is 18.1 Å². The highest BCUT2D eigenvalue weighted by atomic mass is 16.6. The Morgan fingerprint density at radius 3 is 2.30 bits per heavy atom. The number of fused-ring (bicyclic) bond motifs is 3. The van der Waals surface area contributed by atoms with E-state index in [9.17, 15) is 14.7 Å². The van der Waals surface area contributed by atoms with Crippen LogP contribution in [-0.4, -0.2) is 54.0 Å². The Morgan fingerprint density at radius 2 is 1.70 bits per heavy atom. The molecule has 6 heteroatoms. The van der Waals surface area contributed by atoms with E-state index in [4.69, 9.17) is 9.47 Å². The Kier molecular flexibility index (Phi) is 6.04. The minimum absolute atomic E-state index is 0.0462. The molecule has 30 heavy (non-hydrogen) atoms. The van der Waals surface area contributed by atoms with Gasteiger partial charge in [0.05, 0.1) is 6.10 Å². The monoisotopic (exact) mass is 409 g/mol. The van der Waals surface area contributed by atoms with Gasteiger partial charge in [-0.2, -0.15) is 0 Å². The molecule has 0 saturated carbocycles. The number of carbonyl (C=O) groups is 2. The Morgan fingerprint density at radius 1 is 1.07 bits per heavy atom. The van der Waals surface area contributed by atoms with Gasteiger partial charge in [0, 0.05) is 25.5 Å². The van der Waals surface area contributed by atoms with Crippen LogP contribution in [0.15, 0.2) is 48.5 Å². The molecular formula is C24H27NO5. The zero-order chi connectivity index (χ0) is 21.1. The maximum Gasteiger partial charge on any atom is 0.410 e. The maximum atomic E-state index is 12.8. The summed E-state index contributed by atoms with van der Waals surface area (Å²) < 4.78 is 11.4. The molecule has 2 unspecified atom stereocenters. The summed E-state index contributed by atoms with van der Waals surface area (Å²) in [6.07, 6.45) is 1.08. The average molecular weight is 409 g/mol. The average Bonchev–Trinajstić information content (AvgIpc) is 3.09. The van der Waals surface area contributed by atoms with E-state index in [1.54, 1.807) is 0 Å². The summed E-state index contributed by atoms with van der Waals surface area (Å²) in [5.41, 5.74) is 4.58. The molecule has 2 atom stereocenters. The molecule has 2 aromatic carbocycles. The number of rotatable bonds is 6. The van der Waals surface area contributed by atoms with E-state index in [1.807, 2.05) is 31.2 Å². The fourth-order valence-electron chi connectivity index (χ4n) is 4.50. The molecule has 1 fully saturated rings. The number of carboxylic acid groups (broad SMARTS) is 1. The first kappa shape index (κ1) is 20.4. The molecule has 0 radical (unpaired) electrons. The SMILES string of the molecule is CCCOC1CCN(C(=O)OCC2c3ccccc3-c3ccccc32)C(C(=O)O)C1. The van der Waals surface area contributed by atoms with E-state index in [1.165, 1.54) is 4.90 Å². The molecule has 1 N–H and O–H groups in total. The zero-order valence-corrected chi connectivity index (χ0v) is 17.1. The highest BCUT2D eigenvalue weighted by Crippen LogP contribution is 2.44. The second kappa shape index (κ2) is 8.88. The van der Waals surface area contributed by atoms with E-state index >= 15 is 0 Å².